The van der Waals surface area contributed by atoms with Crippen molar-refractivity contribution in [3.8, 4) is 11.3 Å². The Bertz CT molecular complexity index is 4530. The van der Waals surface area contributed by atoms with Crippen LogP contribution in [-0.2, 0) is 131 Å². The SMILES string of the molecule is O=C(O)CCCNC(=O)N[C@@H](CCCCNC(=O)Nc1cccc(-c2cn(CCOCCOCCOCCC(=O)N[C@@H](CCCCNC(=S)Nc3cc(CN4CCOCCOCCN(Cc5cccc(C(=O)O)n5)CCOCCOCC4)nc(C(=O)O)c3)C(=O)NCCOCCOCCOCCOCCOCCOCCOCCOCCC(=O)N[C@@H](CCCCNC(=O)Cc3ccc(I)cc3)C(=O)O)nn2)c1)C(=O)O. The minimum Gasteiger partial charge on any atom is -0.481 e. The van der Waals surface area contributed by atoms with Gasteiger partial charge in [-0.25, -0.2) is 43.4 Å². The Balaban J connectivity index is 0.823. The molecule has 50 heteroatoms. The standard InChI is InChI=1S/C95H144IN17O31S/c96-73-20-18-71(19-21-73)64-86(116)97-24-4-2-14-80(90(122)123)107-85(115)23-35-131-43-51-139-54-56-141-58-60-143-62-63-144-61-59-142-57-55-140-52-44-132-36-28-98-88(119)78(13-1-6-26-101-95(145)105-76-66-77(103-82(67-76)92(126)127)69-112-31-39-135-47-45-133-37-29-111(30-38-134-46-48-136-40-32-112)68-75-12-8-16-79(102-75)89(120)121)106-84(114)22-34-130-42-50-138-53-49-137-41-33-113-70-83(109-110-113)72-10-7-11-74(65-72)104-93(128)99-25-5-3-15-81(91(124)125)108-94(129)100-27-9-17-87(117)118/h7-8,10-12,16,18-21,65-67,70,78,80-81H,1-6,9,13-15,17,22-64,68-69H2,(H,97,116)(H,98,119)(H,106,114)(H,107,115)(H,117,118)(H,120,121)(H,122,123)(H,124,125)(H,126,127)(H2,99,104,128)(H2,100,108,129)(H2,101,103,105,145)/t78-,80-,81-/m0/s1. The van der Waals surface area contributed by atoms with Crippen molar-refractivity contribution < 1.29 is 149 Å². The van der Waals surface area contributed by atoms with E-state index in [1.165, 1.54) is 12.1 Å². The molecule has 1 aliphatic rings. The fourth-order valence-corrected chi connectivity index (χ4v) is 14.1. The molecule has 2 aromatic carbocycles. The van der Waals surface area contributed by atoms with Crippen molar-refractivity contribution in [2.75, 3.05) is 268 Å². The summed E-state index contributed by atoms with van der Waals surface area (Å²) in [5.74, 6) is -7.06. The van der Waals surface area contributed by atoms with E-state index >= 15 is 0 Å². The summed E-state index contributed by atoms with van der Waals surface area (Å²) in [5, 5.41) is 83.8. The number of halogens is 1. The number of thiocarbonyl (C=S) groups is 1. The van der Waals surface area contributed by atoms with Crippen molar-refractivity contribution in [3.63, 3.8) is 0 Å². The fourth-order valence-electron chi connectivity index (χ4n) is 13.5. The zero-order chi connectivity index (χ0) is 104. The number of nitrogens with one attached hydrogen (secondary N) is 10. The van der Waals surface area contributed by atoms with Gasteiger partial charge >= 0.3 is 41.9 Å². The summed E-state index contributed by atoms with van der Waals surface area (Å²) in [7, 11) is 0. The van der Waals surface area contributed by atoms with Gasteiger partial charge in [-0.1, -0.05) is 35.5 Å². The molecule has 145 heavy (non-hydrogen) atoms. The Morgan fingerprint density at radius 2 is 0.848 bits per heavy atom. The molecule has 0 aliphatic carbocycles. The number of carbonyl (C=O) groups excluding carboxylic acids is 6. The van der Waals surface area contributed by atoms with E-state index in [1.807, 2.05) is 35.2 Å². The van der Waals surface area contributed by atoms with E-state index in [-0.39, 0.29) is 173 Å². The lowest BCUT2D eigenvalue weighted by molar-refractivity contribution is -0.142. The van der Waals surface area contributed by atoms with Crippen LogP contribution in [0.2, 0.25) is 0 Å². The number of nitrogens with zero attached hydrogens (tertiary/aromatic N) is 7. The van der Waals surface area contributed by atoms with Gasteiger partial charge in [-0.15, -0.1) is 5.10 Å². The summed E-state index contributed by atoms with van der Waals surface area (Å²) in [4.78, 5) is 147. The highest BCUT2D eigenvalue weighted by atomic mass is 127. The predicted molar refractivity (Wildman–Crippen MR) is 538 cm³/mol. The largest absolute Gasteiger partial charge is 0.481 e. The van der Waals surface area contributed by atoms with E-state index in [9.17, 15) is 73.2 Å². The molecule has 1 fully saturated rings. The summed E-state index contributed by atoms with van der Waals surface area (Å²) < 4.78 is 88.1. The number of carbonyl (C=O) groups is 11. The molecule has 3 atom stereocenters. The number of aromatic carboxylic acids is 2. The molecule has 6 rings (SSSR count). The zero-order valence-electron chi connectivity index (χ0n) is 82.2. The molecular weight excluding hydrogens is 2030 g/mol. The lowest BCUT2D eigenvalue weighted by atomic mass is 10.1. The predicted octanol–water partition coefficient (Wildman–Crippen LogP) is 3.85. The van der Waals surface area contributed by atoms with Crippen LogP contribution in [0.25, 0.3) is 11.3 Å². The third-order valence-electron chi connectivity index (χ3n) is 21.0. The Hall–Kier alpha value is -10.6. The third-order valence-corrected chi connectivity index (χ3v) is 22.0. The molecule has 8 amide bonds. The third kappa shape index (κ3) is 61.6. The molecule has 48 nitrogen and oxygen atoms in total. The minimum absolute atomic E-state index is 0.00524. The van der Waals surface area contributed by atoms with Gasteiger partial charge in [0.2, 0.25) is 23.6 Å². The number of carboxylic acids is 5. The minimum atomic E-state index is -1.24. The average molecular weight is 2180 g/mol. The molecule has 3 aromatic heterocycles. The summed E-state index contributed by atoms with van der Waals surface area (Å²) in [6.45, 7) is 13.1. The average Bonchev–Trinajstić information content (AvgIpc) is 1.23. The topological polar surface area (TPSA) is 611 Å². The maximum atomic E-state index is 13.7. The quantitative estimate of drug-likeness (QED) is 0.0149. The van der Waals surface area contributed by atoms with Crippen LogP contribution in [-0.4, -0.2) is 406 Å². The van der Waals surface area contributed by atoms with Gasteiger partial charge in [-0.2, -0.15) is 0 Å². The number of hydrogen-bond acceptors (Lipinski definition) is 33. The second-order valence-corrected chi connectivity index (χ2v) is 34.3. The van der Waals surface area contributed by atoms with E-state index in [1.54, 1.807) is 47.3 Å². The van der Waals surface area contributed by atoms with Crippen LogP contribution in [0, 0.1) is 3.57 Å². The molecule has 0 unspecified atom stereocenters. The normalized spacial score (nSPS) is 13.7. The van der Waals surface area contributed by atoms with Crippen molar-refractivity contribution in [3.05, 3.63) is 117 Å². The van der Waals surface area contributed by atoms with Gasteiger partial charge in [0, 0.05) is 112 Å². The summed E-state index contributed by atoms with van der Waals surface area (Å²) in [6, 6.07) is 18.4. The fraction of sp³-hybridized carbons (Fsp3) is 0.621. The second-order valence-electron chi connectivity index (χ2n) is 32.6. The zero-order valence-corrected chi connectivity index (χ0v) is 85.2. The number of amides is 8. The highest BCUT2D eigenvalue weighted by Crippen LogP contribution is 2.22. The van der Waals surface area contributed by atoms with E-state index in [2.05, 4.69) is 101 Å². The van der Waals surface area contributed by atoms with Crippen LogP contribution < -0.4 is 53.2 Å². The van der Waals surface area contributed by atoms with Crippen molar-refractivity contribution in [1.29, 1.82) is 0 Å². The number of pyridine rings is 2. The number of aromatic nitrogens is 5. The maximum Gasteiger partial charge on any atom is 0.354 e. The summed E-state index contributed by atoms with van der Waals surface area (Å²) in [6.07, 6.45) is 5.50. The first kappa shape index (κ1) is 123. The summed E-state index contributed by atoms with van der Waals surface area (Å²) in [5.41, 5.74) is 3.88. The Labute approximate surface area is 862 Å². The molecule has 1 saturated heterocycles. The van der Waals surface area contributed by atoms with Gasteiger partial charge < -0.3 is 150 Å². The number of unbranched alkanes of at least 4 members (excludes halogenated alkanes) is 3. The first-order valence-electron chi connectivity index (χ1n) is 48.7. The molecule has 4 heterocycles. The lowest BCUT2D eigenvalue weighted by Gasteiger charge is -2.23. The van der Waals surface area contributed by atoms with E-state index in [0.717, 1.165) is 9.13 Å². The number of benzene rings is 2. The van der Waals surface area contributed by atoms with Crippen LogP contribution in [0.5, 0.6) is 0 Å². The van der Waals surface area contributed by atoms with Crippen molar-refractivity contribution in [1.82, 2.24) is 77.3 Å². The Morgan fingerprint density at radius 1 is 0.400 bits per heavy atom. The molecule has 0 radical (unpaired) electrons. The van der Waals surface area contributed by atoms with Gasteiger partial charge in [-0.3, -0.25) is 33.8 Å². The Kier molecular flexibility index (Phi) is 66.8. The van der Waals surface area contributed by atoms with Crippen molar-refractivity contribution in [2.24, 2.45) is 0 Å². The van der Waals surface area contributed by atoms with Crippen molar-refractivity contribution in [2.45, 2.75) is 128 Å². The molecule has 0 spiro atoms. The van der Waals surface area contributed by atoms with Gasteiger partial charge in [0.1, 0.15) is 29.5 Å². The number of anilines is 2. The lowest BCUT2D eigenvalue weighted by Crippen LogP contribution is -2.47. The van der Waals surface area contributed by atoms with Gasteiger partial charge in [0.05, 0.1) is 229 Å². The van der Waals surface area contributed by atoms with Gasteiger partial charge in [0.25, 0.3) is 0 Å². The number of carboxylic acid groups (broad SMARTS) is 5. The first-order chi connectivity index (χ1) is 70.4. The molecule has 808 valence electrons. The molecular formula is C95H144IN17O31S. The number of ether oxygens (including phenoxy) is 15. The number of rotatable bonds is 75. The van der Waals surface area contributed by atoms with Crippen LogP contribution in [0.15, 0.2) is 85.1 Å². The van der Waals surface area contributed by atoms with Crippen LogP contribution in [0.4, 0.5) is 21.0 Å². The van der Waals surface area contributed by atoms with Gasteiger partial charge in [0.15, 0.2) is 10.8 Å². The Morgan fingerprint density at radius 3 is 1.37 bits per heavy atom. The summed E-state index contributed by atoms with van der Waals surface area (Å²) >= 11 is 7.87. The molecule has 15 N–H and O–H groups in total. The molecule has 0 saturated carbocycles. The van der Waals surface area contributed by atoms with Crippen LogP contribution in [0.3, 0.4) is 0 Å². The van der Waals surface area contributed by atoms with E-state index in [4.69, 9.17) is 88.4 Å². The van der Waals surface area contributed by atoms with Crippen molar-refractivity contribution >= 4 is 117 Å². The molecule has 0 bridgehead atoms. The van der Waals surface area contributed by atoms with Crippen LogP contribution in [0.1, 0.15) is 121 Å². The highest BCUT2D eigenvalue weighted by molar-refractivity contribution is 14.1. The molecule has 5 aromatic rings. The number of urea groups is 2. The van der Waals surface area contributed by atoms with E-state index < -0.39 is 77.8 Å². The van der Waals surface area contributed by atoms with Crippen LogP contribution >= 0.6 is 34.8 Å². The first-order valence-corrected chi connectivity index (χ1v) is 50.2. The molecule has 1 aliphatic heterocycles. The van der Waals surface area contributed by atoms with E-state index in [0.29, 0.717) is 250 Å². The number of aliphatic carboxylic acids is 3. The second kappa shape index (κ2) is 78.7. The number of hydrogen-bond donors (Lipinski definition) is 15. The van der Waals surface area contributed by atoms with Gasteiger partial charge in [-0.05, 0) is 153 Å². The highest BCUT2D eigenvalue weighted by Gasteiger charge is 2.25. The smallest absolute Gasteiger partial charge is 0.354 e. The maximum absolute atomic E-state index is 13.7. The monoisotopic (exact) mass is 2180 g/mol.